The maximum atomic E-state index is 12.5. The van der Waals surface area contributed by atoms with E-state index < -0.39 is 0 Å². The fourth-order valence-corrected chi connectivity index (χ4v) is 3.01. The molecular weight excluding hydrogens is 292 g/mol. The van der Waals surface area contributed by atoms with Crippen LogP contribution in [0.15, 0.2) is 31.1 Å². The van der Waals surface area contributed by atoms with E-state index >= 15 is 0 Å². The Balaban J connectivity index is 1.60. The van der Waals surface area contributed by atoms with Crippen LogP contribution < -0.4 is 5.32 Å². The molecule has 1 fully saturated rings. The highest BCUT2D eigenvalue weighted by Gasteiger charge is 2.30. The summed E-state index contributed by atoms with van der Waals surface area (Å²) in [7, 11) is 1.82. The molecule has 1 N–H and O–H groups in total. The maximum Gasteiger partial charge on any atom is 0.223 e. The normalized spacial score (nSPS) is 17.4. The van der Waals surface area contributed by atoms with E-state index in [2.05, 4.69) is 20.3 Å². The number of hydrogen-bond acceptors (Lipinski definition) is 5. The standard InChI is InChI=1S/C16H22N6O/c1-17-15-11-19-10-13(20-15)14-4-2-8-22(14)16(23)5-3-7-21-9-6-18-12-21/h6,9-12,14H,2-5,7-8H2,1H3,(H,17,20)/t14-/m0/s1. The highest BCUT2D eigenvalue weighted by Crippen LogP contribution is 2.31. The average molecular weight is 314 g/mol. The van der Waals surface area contributed by atoms with Gasteiger partial charge in [0.15, 0.2) is 0 Å². The highest BCUT2D eigenvalue weighted by molar-refractivity contribution is 5.77. The monoisotopic (exact) mass is 314 g/mol. The van der Waals surface area contributed by atoms with E-state index in [1.165, 1.54) is 0 Å². The smallest absolute Gasteiger partial charge is 0.223 e. The summed E-state index contributed by atoms with van der Waals surface area (Å²) in [6.07, 6.45) is 12.3. The number of likely N-dealkylation sites (tertiary alicyclic amines) is 1. The molecule has 1 aliphatic heterocycles. The molecule has 0 aliphatic carbocycles. The number of anilines is 1. The topological polar surface area (TPSA) is 75.9 Å². The number of amides is 1. The van der Waals surface area contributed by atoms with Gasteiger partial charge in [-0.1, -0.05) is 0 Å². The molecule has 2 aromatic rings. The molecule has 1 saturated heterocycles. The lowest BCUT2D eigenvalue weighted by Crippen LogP contribution is -2.31. The average Bonchev–Trinajstić information content (AvgIpc) is 3.26. The maximum absolute atomic E-state index is 12.5. The third kappa shape index (κ3) is 3.67. The Hall–Kier alpha value is -2.44. The minimum Gasteiger partial charge on any atom is -0.372 e. The van der Waals surface area contributed by atoms with Crippen LogP contribution in [0.1, 0.15) is 37.4 Å². The van der Waals surface area contributed by atoms with Gasteiger partial charge in [-0.05, 0) is 19.3 Å². The van der Waals surface area contributed by atoms with Crippen LogP contribution in [0.5, 0.6) is 0 Å². The van der Waals surface area contributed by atoms with Crippen LogP contribution in [0.3, 0.4) is 0 Å². The first-order chi connectivity index (χ1) is 11.3. The number of nitrogens with zero attached hydrogens (tertiary/aromatic N) is 5. The van der Waals surface area contributed by atoms with Crippen molar-refractivity contribution < 1.29 is 4.79 Å². The summed E-state index contributed by atoms with van der Waals surface area (Å²) < 4.78 is 2.00. The Labute approximate surface area is 135 Å². The first kappa shape index (κ1) is 15.5. The molecule has 0 unspecified atom stereocenters. The molecule has 23 heavy (non-hydrogen) atoms. The number of carbonyl (C=O) groups excluding carboxylic acids is 1. The third-order valence-electron chi connectivity index (χ3n) is 4.19. The summed E-state index contributed by atoms with van der Waals surface area (Å²) in [5.74, 6) is 0.936. The summed E-state index contributed by atoms with van der Waals surface area (Å²) in [5.41, 5.74) is 0.873. The second kappa shape index (κ2) is 7.21. The van der Waals surface area contributed by atoms with Crippen molar-refractivity contribution in [3.05, 3.63) is 36.8 Å². The molecule has 0 aromatic carbocycles. The van der Waals surface area contributed by atoms with E-state index in [9.17, 15) is 4.79 Å². The number of aryl methyl sites for hydroxylation is 1. The van der Waals surface area contributed by atoms with Gasteiger partial charge in [-0.2, -0.15) is 0 Å². The molecule has 0 bridgehead atoms. The summed E-state index contributed by atoms with van der Waals surface area (Å²) in [4.78, 5) is 27.3. The van der Waals surface area contributed by atoms with Crippen molar-refractivity contribution >= 4 is 11.7 Å². The second-order valence-electron chi connectivity index (χ2n) is 5.73. The fourth-order valence-electron chi connectivity index (χ4n) is 3.01. The Morgan fingerprint density at radius 1 is 1.39 bits per heavy atom. The zero-order valence-corrected chi connectivity index (χ0v) is 13.4. The predicted octanol–water partition coefficient (Wildman–Crippen LogP) is 1.86. The lowest BCUT2D eigenvalue weighted by molar-refractivity contribution is -0.132. The van der Waals surface area contributed by atoms with Crippen LogP contribution in [-0.2, 0) is 11.3 Å². The minimum absolute atomic E-state index is 0.0524. The van der Waals surface area contributed by atoms with Gasteiger partial charge in [0.05, 0.1) is 30.5 Å². The number of imidazole rings is 1. The fraction of sp³-hybridized carbons (Fsp3) is 0.500. The van der Waals surface area contributed by atoms with E-state index in [1.807, 2.05) is 22.7 Å². The van der Waals surface area contributed by atoms with Gasteiger partial charge in [0.25, 0.3) is 0 Å². The molecule has 0 saturated carbocycles. The molecule has 1 atom stereocenters. The van der Waals surface area contributed by atoms with Crippen molar-refractivity contribution in [2.75, 3.05) is 18.9 Å². The van der Waals surface area contributed by atoms with Crippen molar-refractivity contribution in [3.8, 4) is 0 Å². The molecule has 1 amide bonds. The molecule has 7 nitrogen and oxygen atoms in total. The van der Waals surface area contributed by atoms with Gasteiger partial charge in [0.1, 0.15) is 5.82 Å². The lowest BCUT2D eigenvalue weighted by atomic mass is 10.1. The van der Waals surface area contributed by atoms with Gasteiger partial charge in [0, 0.05) is 39.0 Å². The van der Waals surface area contributed by atoms with Gasteiger partial charge in [-0.25, -0.2) is 9.97 Å². The Kier molecular flexibility index (Phi) is 4.85. The van der Waals surface area contributed by atoms with Crippen LogP contribution in [0.25, 0.3) is 0 Å². The van der Waals surface area contributed by atoms with Gasteiger partial charge >= 0.3 is 0 Å². The molecule has 7 heteroatoms. The highest BCUT2D eigenvalue weighted by atomic mass is 16.2. The van der Waals surface area contributed by atoms with E-state index in [-0.39, 0.29) is 11.9 Å². The van der Waals surface area contributed by atoms with Crippen molar-refractivity contribution in [2.45, 2.75) is 38.3 Å². The number of nitrogens with one attached hydrogen (secondary N) is 1. The van der Waals surface area contributed by atoms with E-state index in [1.54, 1.807) is 24.9 Å². The molecule has 3 heterocycles. The molecule has 122 valence electrons. The first-order valence-corrected chi connectivity index (χ1v) is 8.03. The van der Waals surface area contributed by atoms with E-state index in [0.717, 1.165) is 43.9 Å². The van der Waals surface area contributed by atoms with Gasteiger partial charge in [-0.15, -0.1) is 0 Å². The summed E-state index contributed by atoms with van der Waals surface area (Å²) in [5, 5.41) is 3.00. The van der Waals surface area contributed by atoms with Crippen molar-refractivity contribution in [1.82, 2.24) is 24.4 Å². The third-order valence-corrected chi connectivity index (χ3v) is 4.19. The molecule has 0 spiro atoms. The van der Waals surface area contributed by atoms with E-state index in [0.29, 0.717) is 6.42 Å². The molecular formula is C16H22N6O. The largest absolute Gasteiger partial charge is 0.372 e. The Morgan fingerprint density at radius 3 is 3.09 bits per heavy atom. The van der Waals surface area contributed by atoms with Crippen molar-refractivity contribution in [1.29, 1.82) is 0 Å². The Morgan fingerprint density at radius 2 is 2.30 bits per heavy atom. The number of carbonyl (C=O) groups is 1. The van der Waals surface area contributed by atoms with Crippen LogP contribution >= 0.6 is 0 Å². The first-order valence-electron chi connectivity index (χ1n) is 8.03. The zero-order chi connectivity index (χ0) is 16.1. The van der Waals surface area contributed by atoms with Crippen LogP contribution in [0, 0.1) is 0 Å². The zero-order valence-electron chi connectivity index (χ0n) is 13.4. The predicted molar refractivity (Wildman–Crippen MR) is 86.7 cm³/mol. The van der Waals surface area contributed by atoms with E-state index in [4.69, 9.17) is 0 Å². The number of rotatable bonds is 6. The second-order valence-corrected chi connectivity index (χ2v) is 5.73. The van der Waals surface area contributed by atoms with Crippen LogP contribution in [0.2, 0.25) is 0 Å². The van der Waals surface area contributed by atoms with Gasteiger partial charge < -0.3 is 14.8 Å². The summed E-state index contributed by atoms with van der Waals surface area (Å²) in [6.45, 7) is 1.62. The quantitative estimate of drug-likeness (QED) is 0.881. The molecule has 2 aromatic heterocycles. The SMILES string of the molecule is CNc1cncc([C@@H]2CCCN2C(=O)CCCn2ccnc2)n1. The lowest BCUT2D eigenvalue weighted by Gasteiger charge is -2.24. The molecule has 0 radical (unpaired) electrons. The van der Waals surface area contributed by atoms with Crippen LogP contribution in [0.4, 0.5) is 5.82 Å². The minimum atomic E-state index is 0.0524. The Bertz CT molecular complexity index is 642. The van der Waals surface area contributed by atoms with Gasteiger partial charge in [-0.3, -0.25) is 9.78 Å². The van der Waals surface area contributed by atoms with Crippen molar-refractivity contribution in [3.63, 3.8) is 0 Å². The molecule has 3 rings (SSSR count). The van der Waals surface area contributed by atoms with Crippen molar-refractivity contribution in [2.24, 2.45) is 0 Å². The molecule has 1 aliphatic rings. The summed E-state index contributed by atoms with van der Waals surface area (Å²) in [6, 6.07) is 0.0524. The van der Waals surface area contributed by atoms with Gasteiger partial charge in [0.2, 0.25) is 5.91 Å². The summed E-state index contributed by atoms with van der Waals surface area (Å²) >= 11 is 0. The van der Waals surface area contributed by atoms with Crippen LogP contribution in [-0.4, -0.2) is 43.9 Å². The number of aromatic nitrogens is 4. The number of hydrogen-bond donors (Lipinski definition) is 1.